The highest BCUT2D eigenvalue weighted by Crippen LogP contribution is 2.29. The van der Waals surface area contributed by atoms with Crippen LogP contribution in [0.4, 0.5) is 0 Å². The zero-order valence-electron chi connectivity index (χ0n) is 14.8. The van der Waals surface area contributed by atoms with Gasteiger partial charge in [-0.15, -0.1) is 0 Å². The fraction of sp³-hybridized carbons (Fsp3) is 0.421. The standard InChI is InChI=1S/C19H21NO5S/c1-11(21)20-16(8-9-26-2)19(23)24-12-6-7-14-13-4-3-5-15(13)18(22)25-17(14)10-12/h6-7,10,16H,3-5,8-9H2,1-2H3,(H,20,21). The lowest BCUT2D eigenvalue weighted by molar-refractivity contribution is -0.139. The third-order valence-corrected chi connectivity index (χ3v) is 5.08. The van der Waals surface area contributed by atoms with E-state index in [1.165, 1.54) is 6.92 Å². The Balaban J connectivity index is 1.84. The lowest BCUT2D eigenvalue weighted by Gasteiger charge is -2.16. The summed E-state index contributed by atoms with van der Waals surface area (Å²) in [4.78, 5) is 35.8. The summed E-state index contributed by atoms with van der Waals surface area (Å²) < 4.78 is 10.8. The molecule has 6 nitrogen and oxygen atoms in total. The first kappa shape index (κ1) is 18.5. The van der Waals surface area contributed by atoms with Crippen molar-refractivity contribution in [3.63, 3.8) is 0 Å². The molecule has 1 aliphatic carbocycles. The molecule has 2 aromatic rings. The number of hydrogen-bond acceptors (Lipinski definition) is 6. The summed E-state index contributed by atoms with van der Waals surface area (Å²) in [5.74, 6) is 0.201. The molecule has 1 aromatic heterocycles. The Hall–Kier alpha value is -2.28. The number of rotatable bonds is 6. The lowest BCUT2D eigenvalue weighted by Crippen LogP contribution is -2.42. The number of thioether (sulfide) groups is 1. The van der Waals surface area contributed by atoms with Gasteiger partial charge in [-0.3, -0.25) is 4.79 Å². The molecule has 0 radical (unpaired) electrons. The topological polar surface area (TPSA) is 85.6 Å². The van der Waals surface area contributed by atoms with Gasteiger partial charge in [0.2, 0.25) is 5.91 Å². The summed E-state index contributed by atoms with van der Waals surface area (Å²) in [5, 5.41) is 3.50. The van der Waals surface area contributed by atoms with Gasteiger partial charge in [0, 0.05) is 23.9 Å². The van der Waals surface area contributed by atoms with Crippen LogP contribution in [0, 0.1) is 0 Å². The molecule has 1 N–H and O–H groups in total. The Kier molecular flexibility index (Phi) is 5.66. The molecular weight excluding hydrogens is 354 g/mol. The van der Waals surface area contributed by atoms with Gasteiger partial charge in [0.05, 0.1) is 0 Å². The van der Waals surface area contributed by atoms with E-state index in [1.54, 1.807) is 23.9 Å². The SMILES string of the molecule is CSCCC(NC(C)=O)C(=O)Oc1ccc2c3c(c(=O)oc2c1)CCC3. The second-order valence-corrected chi connectivity index (χ2v) is 7.30. The Labute approximate surface area is 155 Å². The van der Waals surface area contributed by atoms with Gasteiger partial charge in [0.15, 0.2) is 0 Å². The first-order chi connectivity index (χ1) is 12.5. The van der Waals surface area contributed by atoms with Gasteiger partial charge in [0.1, 0.15) is 17.4 Å². The molecule has 1 aliphatic rings. The van der Waals surface area contributed by atoms with Gasteiger partial charge < -0.3 is 14.5 Å². The number of amides is 1. The number of benzene rings is 1. The van der Waals surface area contributed by atoms with E-state index >= 15 is 0 Å². The van der Waals surface area contributed by atoms with Crippen molar-refractivity contribution in [3.05, 3.63) is 39.7 Å². The minimum Gasteiger partial charge on any atom is -0.425 e. The predicted octanol–water partition coefficient (Wildman–Crippen LogP) is 2.44. The molecule has 1 amide bonds. The summed E-state index contributed by atoms with van der Waals surface area (Å²) in [6, 6.07) is 4.37. The van der Waals surface area contributed by atoms with Crippen molar-refractivity contribution in [1.82, 2.24) is 5.32 Å². The second kappa shape index (κ2) is 7.95. The Morgan fingerprint density at radius 3 is 2.81 bits per heavy atom. The summed E-state index contributed by atoms with van der Waals surface area (Å²) in [7, 11) is 0. The van der Waals surface area contributed by atoms with Crippen molar-refractivity contribution >= 4 is 34.6 Å². The van der Waals surface area contributed by atoms with E-state index in [-0.39, 0.29) is 11.5 Å². The zero-order chi connectivity index (χ0) is 18.7. The minimum atomic E-state index is -0.706. The number of ether oxygens (including phenoxy) is 1. The Bertz CT molecular complexity index is 905. The van der Waals surface area contributed by atoms with Crippen molar-refractivity contribution in [2.24, 2.45) is 0 Å². The van der Waals surface area contributed by atoms with Crippen molar-refractivity contribution < 1.29 is 18.7 Å². The molecule has 0 bridgehead atoms. The first-order valence-electron chi connectivity index (χ1n) is 8.56. The molecule has 138 valence electrons. The number of esters is 1. The van der Waals surface area contributed by atoms with E-state index in [1.807, 2.05) is 12.3 Å². The average molecular weight is 375 g/mol. The van der Waals surface area contributed by atoms with Crippen molar-refractivity contribution in [1.29, 1.82) is 0 Å². The summed E-state index contributed by atoms with van der Waals surface area (Å²) in [5.41, 5.74) is 1.89. The molecule has 26 heavy (non-hydrogen) atoms. The van der Waals surface area contributed by atoms with Crippen LogP contribution in [0.5, 0.6) is 5.75 Å². The van der Waals surface area contributed by atoms with Crippen LogP contribution in [0.15, 0.2) is 27.4 Å². The molecular formula is C19H21NO5S. The normalized spacial score (nSPS) is 14.1. The third kappa shape index (κ3) is 3.93. The molecule has 0 saturated heterocycles. The number of hydrogen-bond donors (Lipinski definition) is 1. The number of carbonyl (C=O) groups is 2. The van der Waals surface area contributed by atoms with Crippen LogP contribution in [0.3, 0.4) is 0 Å². The number of fused-ring (bicyclic) bond motifs is 3. The van der Waals surface area contributed by atoms with Crippen LogP contribution in [-0.4, -0.2) is 29.9 Å². The van der Waals surface area contributed by atoms with E-state index in [0.717, 1.165) is 41.5 Å². The zero-order valence-corrected chi connectivity index (χ0v) is 15.6. The van der Waals surface area contributed by atoms with Crippen LogP contribution >= 0.6 is 11.8 Å². The lowest BCUT2D eigenvalue weighted by atomic mass is 10.1. The number of carbonyl (C=O) groups excluding carboxylic acids is 2. The van der Waals surface area contributed by atoms with Gasteiger partial charge >= 0.3 is 11.6 Å². The van der Waals surface area contributed by atoms with E-state index in [0.29, 0.717) is 17.8 Å². The van der Waals surface area contributed by atoms with Crippen LogP contribution < -0.4 is 15.7 Å². The van der Waals surface area contributed by atoms with Gasteiger partial charge in [-0.25, -0.2) is 9.59 Å². The van der Waals surface area contributed by atoms with Crippen molar-refractivity contribution in [3.8, 4) is 5.75 Å². The van der Waals surface area contributed by atoms with E-state index < -0.39 is 12.0 Å². The average Bonchev–Trinajstić information content (AvgIpc) is 3.08. The maximum atomic E-state index is 12.4. The molecule has 0 aliphatic heterocycles. The monoisotopic (exact) mass is 375 g/mol. The maximum absolute atomic E-state index is 12.4. The summed E-state index contributed by atoms with van der Waals surface area (Å²) >= 11 is 1.59. The Morgan fingerprint density at radius 2 is 2.08 bits per heavy atom. The fourth-order valence-electron chi connectivity index (χ4n) is 3.24. The molecule has 3 rings (SSSR count). The smallest absolute Gasteiger partial charge is 0.339 e. The van der Waals surface area contributed by atoms with Gasteiger partial charge in [-0.05, 0) is 55.4 Å². The third-order valence-electron chi connectivity index (χ3n) is 4.44. The molecule has 0 fully saturated rings. The predicted molar refractivity (Wildman–Crippen MR) is 101 cm³/mol. The first-order valence-corrected chi connectivity index (χ1v) is 9.95. The van der Waals surface area contributed by atoms with Crippen molar-refractivity contribution in [2.45, 2.75) is 38.6 Å². The van der Waals surface area contributed by atoms with E-state index in [9.17, 15) is 14.4 Å². The van der Waals surface area contributed by atoms with Crippen LogP contribution in [0.1, 0.15) is 30.9 Å². The summed E-state index contributed by atoms with van der Waals surface area (Å²) in [6.45, 7) is 1.37. The summed E-state index contributed by atoms with van der Waals surface area (Å²) in [6.07, 6.45) is 4.97. The van der Waals surface area contributed by atoms with Crippen LogP contribution in [0.25, 0.3) is 11.0 Å². The fourth-order valence-corrected chi connectivity index (χ4v) is 3.72. The molecule has 1 atom stereocenters. The van der Waals surface area contributed by atoms with Gasteiger partial charge in [-0.1, -0.05) is 0 Å². The van der Waals surface area contributed by atoms with Gasteiger partial charge in [0.25, 0.3) is 0 Å². The molecule has 1 unspecified atom stereocenters. The maximum Gasteiger partial charge on any atom is 0.339 e. The molecule has 0 spiro atoms. The highest BCUT2D eigenvalue weighted by molar-refractivity contribution is 7.98. The molecule has 1 heterocycles. The second-order valence-electron chi connectivity index (χ2n) is 6.31. The van der Waals surface area contributed by atoms with Crippen LogP contribution in [-0.2, 0) is 22.4 Å². The molecule has 1 aromatic carbocycles. The van der Waals surface area contributed by atoms with Gasteiger partial charge in [-0.2, -0.15) is 11.8 Å². The number of nitrogens with one attached hydrogen (secondary N) is 1. The van der Waals surface area contributed by atoms with E-state index in [2.05, 4.69) is 5.32 Å². The number of aryl methyl sites for hydroxylation is 1. The minimum absolute atomic E-state index is 0.284. The quantitative estimate of drug-likeness (QED) is 0.474. The molecule has 0 saturated carbocycles. The molecule has 7 heteroatoms. The highest BCUT2D eigenvalue weighted by atomic mass is 32.2. The van der Waals surface area contributed by atoms with E-state index in [4.69, 9.17) is 9.15 Å². The van der Waals surface area contributed by atoms with Crippen molar-refractivity contribution in [2.75, 3.05) is 12.0 Å². The van der Waals surface area contributed by atoms with Crippen LogP contribution in [0.2, 0.25) is 0 Å². The largest absolute Gasteiger partial charge is 0.425 e. The highest BCUT2D eigenvalue weighted by Gasteiger charge is 2.23. The Morgan fingerprint density at radius 1 is 1.31 bits per heavy atom.